The highest BCUT2D eigenvalue weighted by molar-refractivity contribution is 6.05. The second-order valence-electron chi connectivity index (χ2n) is 6.23. The van der Waals surface area contributed by atoms with Crippen LogP contribution in [0.4, 0.5) is 5.69 Å². The van der Waals surface area contributed by atoms with E-state index in [0.717, 1.165) is 22.1 Å². The summed E-state index contributed by atoms with van der Waals surface area (Å²) < 4.78 is 5.93. The van der Waals surface area contributed by atoms with Gasteiger partial charge in [-0.25, -0.2) is 4.98 Å². The molecule has 0 spiro atoms. The van der Waals surface area contributed by atoms with Gasteiger partial charge >= 0.3 is 0 Å². The van der Waals surface area contributed by atoms with Crippen LogP contribution in [0, 0.1) is 6.92 Å². The van der Waals surface area contributed by atoms with Crippen LogP contribution in [0.25, 0.3) is 10.8 Å². The van der Waals surface area contributed by atoms with E-state index in [0.29, 0.717) is 17.1 Å². The summed E-state index contributed by atoms with van der Waals surface area (Å²) in [7, 11) is 0. The van der Waals surface area contributed by atoms with Crippen molar-refractivity contribution in [2.24, 2.45) is 0 Å². The van der Waals surface area contributed by atoms with Crippen molar-refractivity contribution in [1.29, 1.82) is 0 Å². The van der Waals surface area contributed by atoms with Crippen molar-refractivity contribution in [1.82, 2.24) is 4.98 Å². The predicted octanol–water partition coefficient (Wildman–Crippen LogP) is 5.59. The van der Waals surface area contributed by atoms with Gasteiger partial charge in [-0.3, -0.25) is 4.79 Å². The van der Waals surface area contributed by atoms with E-state index in [-0.39, 0.29) is 5.91 Å². The van der Waals surface area contributed by atoms with Crippen LogP contribution in [0.5, 0.6) is 11.6 Å². The van der Waals surface area contributed by atoms with E-state index < -0.39 is 0 Å². The van der Waals surface area contributed by atoms with Gasteiger partial charge in [-0.2, -0.15) is 0 Å². The van der Waals surface area contributed by atoms with Crippen LogP contribution in [0.15, 0.2) is 85.1 Å². The third kappa shape index (κ3) is 3.65. The molecule has 1 heterocycles. The number of carbonyl (C=O) groups excluding carboxylic acids is 1. The molecule has 3 aromatic carbocycles. The van der Waals surface area contributed by atoms with Crippen molar-refractivity contribution in [3.8, 4) is 11.6 Å². The zero-order valence-electron chi connectivity index (χ0n) is 14.8. The molecule has 4 rings (SSSR count). The van der Waals surface area contributed by atoms with Crippen LogP contribution in [0.3, 0.4) is 0 Å². The lowest BCUT2D eigenvalue weighted by Gasteiger charge is -2.10. The number of hydrogen-bond donors (Lipinski definition) is 1. The highest BCUT2D eigenvalue weighted by atomic mass is 16.5. The Balaban J connectivity index is 1.51. The molecule has 1 amide bonds. The minimum absolute atomic E-state index is 0.155. The average Bonchev–Trinajstić information content (AvgIpc) is 2.70. The first-order valence-electron chi connectivity index (χ1n) is 8.69. The van der Waals surface area contributed by atoms with Gasteiger partial charge in [0.25, 0.3) is 5.91 Å². The number of nitrogens with one attached hydrogen (secondary N) is 1. The van der Waals surface area contributed by atoms with Crippen molar-refractivity contribution >= 4 is 22.4 Å². The number of nitrogens with zero attached hydrogens (tertiary/aromatic N) is 1. The average molecular weight is 354 g/mol. The van der Waals surface area contributed by atoms with Crippen molar-refractivity contribution < 1.29 is 9.53 Å². The number of aryl methyl sites for hydroxylation is 1. The Morgan fingerprint density at radius 2 is 1.67 bits per heavy atom. The number of aromatic nitrogens is 1. The Hall–Kier alpha value is -3.66. The third-order valence-corrected chi connectivity index (χ3v) is 4.35. The number of hydrogen-bond acceptors (Lipinski definition) is 3. The molecular formula is C23H18N2O2. The van der Waals surface area contributed by atoms with Gasteiger partial charge in [0.1, 0.15) is 5.75 Å². The fourth-order valence-corrected chi connectivity index (χ4v) is 2.94. The quantitative estimate of drug-likeness (QED) is 0.520. The van der Waals surface area contributed by atoms with Gasteiger partial charge in [0.05, 0.1) is 11.9 Å². The summed E-state index contributed by atoms with van der Waals surface area (Å²) in [5.74, 6) is 1.06. The fourth-order valence-electron chi connectivity index (χ4n) is 2.94. The minimum Gasteiger partial charge on any atom is -0.438 e. The van der Waals surface area contributed by atoms with Gasteiger partial charge < -0.3 is 10.1 Å². The molecule has 4 heteroatoms. The minimum atomic E-state index is -0.155. The number of amides is 1. The zero-order valence-corrected chi connectivity index (χ0v) is 14.8. The molecule has 0 saturated carbocycles. The van der Waals surface area contributed by atoms with E-state index in [1.54, 1.807) is 24.4 Å². The highest BCUT2D eigenvalue weighted by Crippen LogP contribution is 2.29. The molecule has 27 heavy (non-hydrogen) atoms. The summed E-state index contributed by atoms with van der Waals surface area (Å²) in [5, 5.41) is 5.00. The van der Waals surface area contributed by atoms with Crippen molar-refractivity contribution in [2.75, 3.05) is 5.32 Å². The molecule has 0 atom stereocenters. The van der Waals surface area contributed by atoms with Gasteiger partial charge in [-0.15, -0.1) is 0 Å². The van der Waals surface area contributed by atoms with E-state index in [2.05, 4.69) is 10.3 Å². The van der Waals surface area contributed by atoms with Crippen LogP contribution >= 0.6 is 0 Å². The van der Waals surface area contributed by atoms with Crippen molar-refractivity contribution in [3.63, 3.8) is 0 Å². The first-order chi connectivity index (χ1) is 13.2. The summed E-state index contributed by atoms with van der Waals surface area (Å²) in [5.41, 5.74) is 2.20. The number of ether oxygens (including phenoxy) is 1. The summed E-state index contributed by atoms with van der Waals surface area (Å²) in [6, 6.07) is 24.9. The van der Waals surface area contributed by atoms with Gasteiger partial charge in [-0.05, 0) is 36.1 Å². The number of anilines is 1. The summed E-state index contributed by atoms with van der Waals surface area (Å²) in [6.45, 7) is 1.91. The van der Waals surface area contributed by atoms with Gasteiger partial charge in [0.15, 0.2) is 0 Å². The van der Waals surface area contributed by atoms with E-state index in [1.165, 1.54) is 0 Å². The molecule has 0 aliphatic heterocycles. The standard InChI is InChI=1S/C23H18N2O2/c1-16-7-2-4-10-19(16)23(26)25-18-13-14-22(24-15-18)27-21-12-6-9-17-8-3-5-11-20(17)21/h2-15H,1H3,(H,25,26). The molecule has 0 bridgehead atoms. The highest BCUT2D eigenvalue weighted by Gasteiger charge is 2.09. The van der Waals surface area contributed by atoms with Crippen LogP contribution < -0.4 is 10.1 Å². The zero-order chi connectivity index (χ0) is 18.6. The van der Waals surface area contributed by atoms with E-state index in [1.807, 2.05) is 67.6 Å². The maximum atomic E-state index is 12.4. The monoisotopic (exact) mass is 354 g/mol. The van der Waals surface area contributed by atoms with Gasteiger partial charge in [0, 0.05) is 17.0 Å². The fraction of sp³-hybridized carbons (Fsp3) is 0.0435. The third-order valence-electron chi connectivity index (χ3n) is 4.35. The SMILES string of the molecule is Cc1ccccc1C(=O)Nc1ccc(Oc2cccc3ccccc23)nc1. The van der Waals surface area contributed by atoms with Crippen LogP contribution in [-0.4, -0.2) is 10.9 Å². The van der Waals surface area contributed by atoms with E-state index >= 15 is 0 Å². The molecule has 0 aliphatic carbocycles. The Bertz CT molecular complexity index is 1100. The Morgan fingerprint density at radius 1 is 0.889 bits per heavy atom. The van der Waals surface area contributed by atoms with Crippen molar-refractivity contribution in [3.05, 3.63) is 96.2 Å². The summed E-state index contributed by atoms with van der Waals surface area (Å²) in [6.07, 6.45) is 1.59. The van der Waals surface area contributed by atoms with Crippen LogP contribution in [0.1, 0.15) is 15.9 Å². The Morgan fingerprint density at radius 3 is 2.48 bits per heavy atom. The predicted molar refractivity (Wildman–Crippen MR) is 107 cm³/mol. The molecule has 132 valence electrons. The molecule has 0 radical (unpaired) electrons. The number of carbonyl (C=O) groups is 1. The topological polar surface area (TPSA) is 51.2 Å². The lowest BCUT2D eigenvalue weighted by atomic mass is 10.1. The molecule has 4 nitrogen and oxygen atoms in total. The molecule has 0 aliphatic rings. The summed E-state index contributed by atoms with van der Waals surface area (Å²) in [4.78, 5) is 16.7. The number of rotatable bonds is 4. The maximum Gasteiger partial charge on any atom is 0.255 e. The molecule has 0 fully saturated rings. The van der Waals surface area contributed by atoms with Crippen molar-refractivity contribution in [2.45, 2.75) is 6.92 Å². The van der Waals surface area contributed by atoms with Crippen LogP contribution in [0.2, 0.25) is 0 Å². The largest absolute Gasteiger partial charge is 0.438 e. The molecule has 0 saturated heterocycles. The van der Waals surface area contributed by atoms with Crippen LogP contribution in [-0.2, 0) is 0 Å². The Labute approximate surface area is 157 Å². The smallest absolute Gasteiger partial charge is 0.255 e. The first kappa shape index (κ1) is 16.8. The van der Waals surface area contributed by atoms with E-state index in [9.17, 15) is 4.79 Å². The first-order valence-corrected chi connectivity index (χ1v) is 8.69. The molecular weight excluding hydrogens is 336 g/mol. The molecule has 1 aromatic heterocycles. The second-order valence-corrected chi connectivity index (χ2v) is 6.23. The lowest BCUT2D eigenvalue weighted by molar-refractivity contribution is 0.102. The van der Waals surface area contributed by atoms with Gasteiger partial charge in [0.2, 0.25) is 5.88 Å². The molecule has 4 aromatic rings. The summed E-state index contributed by atoms with van der Waals surface area (Å²) >= 11 is 0. The molecule has 1 N–H and O–H groups in total. The van der Waals surface area contributed by atoms with Gasteiger partial charge in [-0.1, -0.05) is 54.6 Å². The maximum absolute atomic E-state index is 12.4. The normalized spacial score (nSPS) is 10.6. The second kappa shape index (κ2) is 7.30. The lowest BCUT2D eigenvalue weighted by Crippen LogP contribution is -2.13. The number of benzene rings is 3. The Kier molecular flexibility index (Phi) is 4.54. The number of fused-ring (bicyclic) bond motifs is 1. The van der Waals surface area contributed by atoms with E-state index in [4.69, 9.17) is 4.74 Å². The molecule has 0 unspecified atom stereocenters. The number of pyridine rings is 1.